The molecule has 0 saturated carbocycles. The first-order valence-corrected chi connectivity index (χ1v) is 6.91. The molecule has 1 aromatic rings. The molecule has 0 aliphatic heterocycles. The van der Waals surface area contributed by atoms with Crippen molar-refractivity contribution >= 4 is 12.0 Å². The van der Waals surface area contributed by atoms with Crippen LogP contribution in [0, 0.1) is 0 Å². The van der Waals surface area contributed by atoms with Gasteiger partial charge >= 0.3 is 12.3 Å². The highest BCUT2D eigenvalue weighted by atomic mass is 19.4. The average Bonchev–Trinajstić information content (AvgIpc) is 2.40. The van der Waals surface area contributed by atoms with Crippen molar-refractivity contribution in [1.29, 1.82) is 0 Å². The minimum Gasteiger partial charge on any atom is -0.444 e. The maximum Gasteiger partial charge on any atom is 0.416 e. The monoisotopic (exact) mass is 332 g/mol. The number of amides is 2. The maximum absolute atomic E-state index is 12.4. The first-order chi connectivity index (χ1) is 10.5. The minimum atomic E-state index is -4.44. The van der Waals surface area contributed by atoms with Gasteiger partial charge in [0.05, 0.1) is 5.56 Å². The summed E-state index contributed by atoms with van der Waals surface area (Å²) in [5, 5.41) is 4.94. The van der Waals surface area contributed by atoms with Crippen molar-refractivity contribution in [2.75, 3.05) is 13.1 Å². The predicted octanol–water partition coefficient (Wildman–Crippen LogP) is 2.96. The molecule has 0 saturated heterocycles. The zero-order chi connectivity index (χ0) is 17.7. The van der Waals surface area contributed by atoms with Crippen molar-refractivity contribution in [1.82, 2.24) is 10.6 Å². The third-order valence-electron chi connectivity index (χ3n) is 2.55. The number of benzene rings is 1. The molecule has 0 aromatic heterocycles. The second-order valence-electron chi connectivity index (χ2n) is 5.76. The number of carbonyl (C=O) groups is 2. The number of hydrogen-bond donors (Lipinski definition) is 2. The van der Waals surface area contributed by atoms with Crippen LogP contribution in [-0.2, 0) is 10.9 Å². The van der Waals surface area contributed by atoms with Crippen LogP contribution in [0.15, 0.2) is 24.3 Å². The molecule has 0 fully saturated rings. The quantitative estimate of drug-likeness (QED) is 0.833. The molecule has 0 aliphatic carbocycles. The fraction of sp³-hybridized carbons (Fsp3) is 0.467. The highest BCUT2D eigenvalue weighted by Crippen LogP contribution is 2.28. The molecule has 128 valence electrons. The highest BCUT2D eigenvalue weighted by molar-refractivity contribution is 5.94. The van der Waals surface area contributed by atoms with Gasteiger partial charge in [-0.1, -0.05) is 0 Å². The molecule has 1 aromatic carbocycles. The van der Waals surface area contributed by atoms with Crippen LogP contribution in [0.5, 0.6) is 0 Å². The molecule has 23 heavy (non-hydrogen) atoms. The summed E-state index contributed by atoms with van der Waals surface area (Å²) in [5.74, 6) is -0.523. The summed E-state index contributed by atoms with van der Waals surface area (Å²) in [6, 6.07) is 3.88. The Kier molecular flexibility index (Phi) is 6.00. The van der Waals surface area contributed by atoms with Crippen molar-refractivity contribution in [3.05, 3.63) is 35.4 Å². The van der Waals surface area contributed by atoms with E-state index in [4.69, 9.17) is 4.74 Å². The van der Waals surface area contributed by atoms with Crippen molar-refractivity contribution < 1.29 is 27.5 Å². The Morgan fingerprint density at radius 2 is 1.52 bits per heavy atom. The van der Waals surface area contributed by atoms with E-state index in [9.17, 15) is 22.8 Å². The summed E-state index contributed by atoms with van der Waals surface area (Å²) in [5.41, 5.74) is -1.33. The summed E-state index contributed by atoms with van der Waals surface area (Å²) in [7, 11) is 0. The lowest BCUT2D eigenvalue weighted by Gasteiger charge is -2.19. The fourth-order valence-corrected chi connectivity index (χ4v) is 1.57. The molecule has 0 atom stereocenters. The van der Waals surface area contributed by atoms with E-state index in [2.05, 4.69) is 10.6 Å². The Morgan fingerprint density at radius 1 is 1.00 bits per heavy atom. The third-order valence-corrected chi connectivity index (χ3v) is 2.55. The van der Waals surface area contributed by atoms with Crippen LogP contribution < -0.4 is 10.6 Å². The maximum atomic E-state index is 12.4. The average molecular weight is 332 g/mol. The number of hydrogen-bond acceptors (Lipinski definition) is 3. The molecule has 0 spiro atoms. The zero-order valence-electron chi connectivity index (χ0n) is 13.1. The SMILES string of the molecule is CC(C)(C)OC(=O)NCCNC(=O)c1ccc(C(F)(F)F)cc1. The Hall–Kier alpha value is -2.25. The number of halogens is 3. The van der Waals surface area contributed by atoms with E-state index in [1.807, 2.05) is 0 Å². The summed E-state index contributed by atoms with van der Waals surface area (Å²) in [4.78, 5) is 23.1. The summed E-state index contributed by atoms with van der Waals surface area (Å²) in [6.07, 6.45) is -5.05. The lowest BCUT2D eigenvalue weighted by atomic mass is 10.1. The van der Waals surface area contributed by atoms with Crippen LogP contribution in [0.2, 0.25) is 0 Å². The zero-order valence-corrected chi connectivity index (χ0v) is 13.1. The largest absolute Gasteiger partial charge is 0.444 e. The van der Waals surface area contributed by atoms with E-state index in [0.717, 1.165) is 24.3 Å². The van der Waals surface area contributed by atoms with Crippen LogP contribution in [-0.4, -0.2) is 30.7 Å². The molecule has 0 bridgehead atoms. The van der Waals surface area contributed by atoms with Crippen molar-refractivity contribution in [3.8, 4) is 0 Å². The van der Waals surface area contributed by atoms with Gasteiger partial charge < -0.3 is 15.4 Å². The normalized spacial score (nSPS) is 11.7. The van der Waals surface area contributed by atoms with Crippen LogP contribution in [0.4, 0.5) is 18.0 Å². The molecule has 0 heterocycles. The van der Waals surface area contributed by atoms with Crippen LogP contribution in [0.1, 0.15) is 36.7 Å². The van der Waals surface area contributed by atoms with Gasteiger partial charge in [-0.05, 0) is 45.0 Å². The van der Waals surface area contributed by atoms with Crippen molar-refractivity contribution in [2.45, 2.75) is 32.5 Å². The lowest BCUT2D eigenvalue weighted by Crippen LogP contribution is -2.37. The Labute approximate surface area is 132 Å². The van der Waals surface area contributed by atoms with E-state index < -0.39 is 29.3 Å². The smallest absolute Gasteiger partial charge is 0.416 e. The first kappa shape index (κ1) is 18.8. The molecular formula is C15H19F3N2O3. The van der Waals surface area contributed by atoms with E-state index in [-0.39, 0.29) is 18.7 Å². The molecule has 0 aliphatic rings. The molecule has 1 rings (SSSR count). The number of carbonyl (C=O) groups excluding carboxylic acids is 2. The first-order valence-electron chi connectivity index (χ1n) is 6.91. The third kappa shape index (κ3) is 7.03. The Bertz CT molecular complexity index is 549. The predicted molar refractivity (Wildman–Crippen MR) is 78.0 cm³/mol. The van der Waals surface area contributed by atoms with Crippen LogP contribution in [0.25, 0.3) is 0 Å². The summed E-state index contributed by atoms with van der Waals surface area (Å²) >= 11 is 0. The number of alkyl carbamates (subject to hydrolysis) is 1. The number of ether oxygens (including phenoxy) is 1. The topological polar surface area (TPSA) is 67.4 Å². The van der Waals surface area contributed by atoms with E-state index in [0.29, 0.717) is 0 Å². The number of nitrogens with one attached hydrogen (secondary N) is 2. The van der Waals surface area contributed by atoms with Gasteiger partial charge in [-0.25, -0.2) is 4.79 Å². The number of rotatable bonds is 4. The molecule has 0 unspecified atom stereocenters. The molecular weight excluding hydrogens is 313 g/mol. The second-order valence-corrected chi connectivity index (χ2v) is 5.76. The van der Waals surface area contributed by atoms with Gasteiger partial charge in [0.15, 0.2) is 0 Å². The van der Waals surface area contributed by atoms with Gasteiger partial charge in [-0.3, -0.25) is 4.79 Å². The summed E-state index contributed by atoms with van der Waals surface area (Å²) in [6.45, 7) is 5.43. The standard InChI is InChI=1S/C15H19F3N2O3/c1-14(2,3)23-13(22)20-9-8-19-12(21)10-4-6-11(7-5-10)15(16,17)18/h4-7H,8-9H2,1-3H3,(H,19,21)(H,20,22). The molecule has 0 radical (unpaired) electrons. The van der Waals surface area contributed by atoms with Gasteiger partial charge in [0.1, 0.15) is 5.60 Å². The minimum absolute atomic E-state index is 0.107. The van der Waals surface area contributed by atoms with Crippen LogP contribution in [0.3, 0.4) is 0 Å². The highest BCUT2D eigenvalue weighted by Gasteiger charge is 2.30. The van der Waals surface area contributed by atoms with Gasteiger partial charge in [-0.2, -0.15) is 13.2 Å². The van der Waals surface area contributed by atoms with E-state index in [1.165, 1.54) is 0 Å². The Morgan fingerprint density at radius 3 is 2.00 bits per heavy atom. The molecule has 5 nitrogen and oxygen atoms in total. The second kappa shape index (κ2) is 7.34. The van der Waals surface area contributed by atoms with Gasteiger partial charge in [-0.15, -0.1) is 0 Å². The van der Waals surface area contributed by atoms with Crippen molar-refractivity contribution in [3.63, 3.8) is 0 Å². The summed E-state index contributed by atoms with van der Waals surface area (Å²) < 4.78 is 42.2. The Balaban J connectivity index is 2.39. The molecule has 2 amide bonds. The lowest BCUT2D eigenvalue weighted by molar-refractivity contribution is -0.137. The van der Waals surface area contributed by atoms with Crippen molar-refractivity contribution in [2.24, 2.45) is 0 Å². The van der Waals surface area contributed by atoms with E-state index >= 15 is 0 Å². The fourth-order valence-electron chi connectivity index (χ4n) is 1.57. The van der Waals surface area contributed by atoms with Crippen LogP contribution >= 0.6 is 0 Å². The number of alkyl halides is 3. The molecule has 8 heteroatoms. The van der Waals surface area contributed by atoms with Gasteiger partial charge in [0.25, 0.3) is 5.91 Å². The van der Waals surface area contributed by atoms with E-state index in [1.54, 1.807) is 20.8 Å². The van der Waals surface area contributed by atoms with Gasteiger partial charge in [0, 0.05) is 18.7 Å². The van der Waals surface area contributed by atoms with Gasteiger partial charge in [0.2, 0.25) is 0 Å². The molecule has 2 N–H and O–H groups in total.